The SMILES string of the molecule is CON(C)C(=O)c1ncc(Br)cn1. The summed E-state index contributed by atoms with van der Waals surface area (Å²) < 4.78 is 0.726. The fraction of sp³-hybridized carbons (Fsp3) is 0.286. The van der Waals surface area contributed by atoms with Crippen molar-refractivity contribution >= 4 is 21.8 Å². The molecule has 1 aromatic rings. The number of halogens is 1. The van der Waals surface area contributed by atoms with E-state index in [9.17, 15) is 4.79 Å². The van der Waals surface area contributed by atoms with Crippen molar-refractivity contribution in [1.29, 1.82) is 0 Å². The van der Waals surface area contributed by atoms with Crippen LogP contribution < -0.4 is 0 Å². The van der Waals surface area contributed by atoms with Crippen molar-refractivity contribution in [3.63, 3.8) is 0 Å². The molecule has 0 spiro atoms. The number of hydroxylamine groups is 2. The summed E-state index contributed by atoms with van der Waals surface area (Å²) in [5, 5.41) is 1.06. The third kappa shape index (κ3) is 2.46. The molecule has 0 radical (unpaired) electrons. The number of nitrogens with zero attached hydrogens (tertiary/aromatic N) is 3. The predicted octanol–water partition coefficient (Wildman–Crippen LogP) is 0.873. The molecular formula is C7H8BrN3O2. The summed E-state index contributed by atoms with van der Waals surface area (Å²) in [4.78, 5) is 23.7. The zero-order valence-electron chi connectivity index (χ0n) is 7.19. The summed E-state index contributed by atoms with van der Waals surface area (Å²) in [6.07, 6.45) is 3.01. The normalized spacial score (nSPS) is 9.77. The van der Waals surface area contributed by atoms with Crippen LogP contribution in [0.3, 0.4) is 0 Å². The van der Waals surface area contributed by atoms with Crippen LogP contribution >= 0.6 is 15.9 Å². The summed E-state index contributed by atoms with van der Waals surface area (Å²) in [6.45, 7) is 0. The minimum absolute atomic E-state index is 0.104. The molecule has 0 atom stereocenters. The number of carbonyl (C=O) groups excluding carboxylic acids is 1. The lowest BCUT2D eigenvalue weighted by atomic mass is 10.5. The van der Waals surface area contributed by atoms with Crippen LogP contribution in [0.15, 0.2) is 16.9 Å². The van der Waals surface area contributed by atoms with Crippen LogP contribution in [0.25, 0.3) is 0 Å². The third-order valence-electron chi connectivity index (χ3n) is 1.37. The number of carbonyl (C=O) groups is 1. The van der Waals surface area contributed by atoms with E-state index in [1.165, 1.54) is 26.6 Å². The van der Waals surface area contributed by atoms with Crippen molar-refractivity contribution in [2.75, 3.05) is 14.2 Å². The monoisotopic (exact) mass is 245 g/mol. The maximum absolute atomic E-state index is 11.3. The molecule has 70 valence electrons. The summed E-state index contributed by atoms with van der Waals surface area (Å²) in [5.74, 6) is -0.275. The molecule has 13 heavy (non-hydrogen) atoms. The van der Waals surface area contributed by atoms with Gasteiger partial charge in [0, 0.05) is 19.4 Å². The Balaban J connectivity index is 2.83. The summed E-state index contributed by atoms with van der Waals surface area (Å²) >= 11 is 3.17. The van der Waals surface area contributed by atoms with Crippen LogP contribution in [-0.2, 0) is 4.84 Å². The molecule has 0 aliphatic carbocycles. The van der Waals surface area contributed by atoms with E-state index in [-0.39, 0.29) is 11.7 Å². The Bertz CT molecular complexity index is 301. The lowest BCUT2D eigenvalue weighted by Gasteiger charge is -2.11. The Kier molecular flexibility index (Phi) is 3.32. The number of rotatable bonds is 2. The zero-order valence-corrected chi connectivity index (χ0v) is 8.78. The maximum atomic E-state index is 11.3. The second-order valence-corrected chi connectivity index (χ2v) is 3.13. The predicted molar refractivity (Wildman–Crippen MR) is 48.8 cm³/mol. The maximum Gasteiger partial charge on any atom is 0.314 e. The minimum Gasteiger partial charge on any atom is -0.274 e. The molecule has 0 N–H and O–H groups in total. The largest absolute Gasteiger partial charge is 0.314 e. The van der Waals surface area contributed by atoms with Crippen LogP contribution in [0.5, 0.6) is 0 Å². The van der Waals surface area contributed by atoms with Gasteiger partial charge in [0.05, 0.1) is 11.6 Å². The first-order valence-corrected chi connectivity index (χ1v) is 4.24. The molecular weight excluding hydrogens is 238 g/mol. The molecule has 1 amide bonds. The van der Waals surface area contributed by atoms with Gasteiger partial charge in [0.2, 0.25) is 5.82 Å². The summed E-state index contributed by atoms with van der Waals surface area (Å²) in [5.41, 5.74) is 0. The van der Waals surface area contributed by atoms with Crippen molar-refractivity contribution in [2.45, 2.75) is 0 Å². The number of aromatic nitrogens is 2. The topological polar surface area (TPSA) is 55.3 Å². The average molecular weight is 246 g/mol. The second-order valence-electron chi connectivity index (χ2n) is 2.21. The van der Waals surface area contributed by atoms with Crippen molar-refractivity contribution in [2.24, 2.45) is 0 Å². The van der Waals surface area contributed by atoms with Gasteiger partial charge < -0.3 is 0 Å². The summed E-state index contributed by atoms with van der Waals surface area (Å²) in [7, 11) is 2.89. The highest BCUT2D eigenvalue weighted by Gasteiger charge is 2.13. The molecule has 0 aliphatic rings. The molecule has 0 saturated carbocycles. The quantitative estimate of drug-likeness (QED) is 0.726. The molecule has 5 nitrogen and oxygen atoms in total. The van der Waals surface area contributed by atoms with Gasteiger partial charge in [-0.25, -0.2) is 15.0 Å². The molecule has 0 saturated heterocycles. The molecule has 0 bridgehead atoms. The molecule has 0 aliphatic heterocycles. The fourth-order valence-corrected chi connectivity index (χ4v) is 0.851. The van der Waals surface area contributed by atoms with Gasteiger partial charge in [-0.1, -0.05) is 0 Å². The van der Waals surface area contributed by atoms with Gasteiger partial charge in [-0.05, 0) is 15.9 Å². The first-order chi connectivity index (χ1) is 6.15. The Morgan fingerprint density at radius 1 is 1.54 bits per heavy atom. The number of hydrogen-bond acceptors (Lipinski definition) is 4. The van der Waals surface area contributed by atoms with E-state index >= 15 is 0 Å². The van der Waals surface area contributed by atoms with Crippen molar-refractivity contribution in [1.82, 2.24) is 15.0 Å². The minimum atomic E-state index is -0.380. The van der Waals surface area contributed by atoms with Crippen LogP contribution in [0.4, 0.5) is 0 Å². The molecule has 0 fully saturated rings. The molecule has 6 heteroatoms. The molecule has 0 aromatic carbocycles. The number of hydrogen-bond donors (Lipinski definition) is 0. The van der Waals surface area contributed by atoms with Crippen LogP contribution in [0.2, 0.25) is 0 Å². The molecule has 0 unspecified atom stereocenters. The van der Waals surface area contributed by atoms with E-state index in [0.717, 1.165) is 9.54 Å². The fourth-order valence-electron chi connectivity index (χ4n) is 0.646. The highest BCUT2D eigenvalue weighted by molar-refractivity contribution is 9.10. The van der Waals surface area contributed by atoms with Gasteiger partial charge in [0.15, 0.2) is 0 Å². The van der Waals surface area contributed by atoms with E-state index < -0.39 is 0 Å². The number of amides is 1. The summed E-state index contributed by atoms with van der Waals surface area (Å²) in [6, 6.07) is 0. The van der Waals surface area contributed by atoms with E-state index in [4.69, 9.17) is 0 Å². The van der Waals surface area contributed by atoms with Crippen LogP contribution in [-0.4, -0.2) is 35.1 Å². The highest BCUT2D eigenvalue weighted by atomic mass is 79.9. The van der Waals surface area contributed by atoms with Gasteiger partial charge in [0.1, 0.15) is 0 Å². The van der Waals surface area contributed by atoms with Gasteiger partial charge in [-0.3, -0.25) is 9.63 Å². The molecule has 1 heterocycles. The Morgan fingerprint density at radius 3 is 2.54 bits per heavy atom. The third-order valence-corrected chi connectivity index (χ3v) is 1.78. The van der Waals surface area contributed by atoms with E-state index in [1.807, 2.05) is 0 Å². The van der Waals surface area contributed by atoms with Gasteiger partial charge in [0.25, 0.3) is 0 Å². The smallest absolute Gasteiger partial charge is 0.274 e. The van der Waals surface area contributed by atoms with E-state index in [0.29, 0.717) is 0 Å². The van der Waals surface area contributed by atoms with Gasteiger partial charge in [-0.15, -0.1) is 0 Å². The average Bonchev–Trinajstić information content (AvgIpc) is 2.17. The van der Waals surface area contributed by atoms with E-state index in [2.05, 4.69) is 30.7 Å². The Labute approximate surface area is 83.8 Å². The van der Waals surface area contributed by atoms with Gasteiger partial charge >= 0.3 is 5.91 Å². The first kappa shape index (κ1) is 10.1. The van der Waals surface area contributed by atoms with Crippen LogP contribution in [0, 0.1) is 0 Å². The highest BCUT2D eigenvalue weighted by Crippen LogP contribution is 2.05. The van der Waals surface area contributed by atoms with Crippen molar-refractivity contribution < 1.29 is 9.63 Å². The van der Waals surface area contributed by atoms with Crippen molar-refractivity contribution in [3.05, 3.63) is 22.7 Å². The van der Waals surface area contributed by atoms with Crippen molar-refractivity contribution in [3.8, 4) is 0 Å². The molecule has 1 aromatic heterocycles. The zero-order chi connectivity index (χ0) is 9.84. The lowest BCUT2D eigenvalue weighted by molar-refractivity contribution is -0.0764. The van der Waals surface area contributed by atoms with E-state index in [1.54, 1.807) is 0 Å². The van der Waals surface area contributed by atoms with Crippen LogP contribution in [0.1, 0.15) is 10.6 Å². The Morgan fingerprint density at radius 2 is 2.08 bits per heavy atom. The Hall–Kier alpha value is -1.01. The second kappa shape index (κ2) is 4.29. The standard InChI is InChI=1S/C7H8BrN3O2/c1-11(13-2)7(12)6-9-3-5(8)4-10-6/h3-4H,1-2H3. The molecule has 1 rings (SSSR count). The lowest BCUT2D eigenvalue weighted by Crippen LogP contribution is -2.27. The van der Waals surface area contributed by atoms with Gasteiger partial charge in [-0.2, -0.15) is 0 Å². The first-order valence-electron chi connectivity index (χ1n) is 3.45.